The summed E-state index contributed by atoms with van der Waals surface area (Å²) < 4.78 is 65.9. The molecule has 8 nitrogen and oxygen atoms in total. The highest BCUT2D eigenvalue weighted by Gasteiger charge is 2.47. The van der Waals surface area contributed by atoms with Crippen molar-refractivity contribution in [3.8, 4) is 0 Å². The molecule has 1 aliphatic heterocycles. The van der Waals surface area contributed by atoms with Crippen molar-refractivity contribution in [1.82, 2.24) is 0 Å². The van der Waals surface area contributed by atoms with E-state index in [2.05, 4.69) is 0 Å². The minimum Gasteiger partial charge on any atom is -0.466 e. The first-order valence-electron chi connectivity index (χ1n) is 8.00. The normalized spacial score (nSPS) is 16.2. The van der Waals surface area contributed by atoms with Crippen LogP contribution >= 0.6 is 0 Å². The average molecular weight is 410 g/mol. The summed E-state index contributed by atoms with van der Waals surface area (Å²) in [4.78, 5) is 22.4. The predicted octanol–water partition coefficient (Wildman–Crippen LogP) is 2.67. The van der Waals surface area contributed by atoms with E-state index in [1.165, 1.54) is 4.90 Å². The lowest BCUT2D eigenvalue weighted by atomic mass is 9.96. The molecule has 0 saturated carbocycles. The maximum absolute atomic E-state index is 12.7. The highest BCUT2D eigenvalue weighted by atomic mass is 32.2. The molecule has 0 radical (unpaired) electrons. The standard InChI is InChI=1S/C15H17F3N2O6S/c1-2-26-14(21)10-5-7-19(8-6-10)12-4-3-11(9-13(12)20(22)23)27(24,25)15(16,17)18/h3-4,9-10H,2,5-8H2,1H3. The largest absolute Gasteiger partial charge is 0.501 e. The monoisotopic (exact) mass is 410 g/mol. The molecule has 1 saturated heterocycles. The lowest BCUT2D eigenvalue weighted by Crippen LogP contribution is -2.37. The maximum atomic E-state index is 12.7. The minimum absolute atomic E-state index is 0.00318. The van der Waals surface area contributed by atoms with Crippen molar-refractivity contribution >= 4 is 27.2 Å². The van der Waals surface area contributed by atoms with Crippen molar-refractivity contribution in [1.29, 1.82) is 0 Å². The molecule has 12 heteroatoms. The molecule has 0 atom stereocenters. The zero-order valence-corrected chi connectivity index (χ0v) is 15.0. The molecule has 2 rings (SSSR count). The molecule has 0 aromatic heterocycles. The highest BCUT2D eigenvalue weighted by molar-refractivity contribution is 7.92. The van der Waals surface area contributed by atoms with Gasteiger partial charge in [0.15, 0.2) is 0 Å². The highest BCUT2D eigenvalue weighted by Crippen LogP contribution is 2.37. The Labute approximate surface area is 153 Å². The van der Waals surface area contributed by atoms with Crippen LogP contribution in [0.3, 0.4) is 0 Å². The van der Waals surface area contributed by atoms with Crippen LogP contribution in [0.2, 0.25) is 0 Å². The second kappa shape index (κ2) is 7.71. The summed E-state index contributed by atoms with van der Waals surface area (Å²) in [5.41, 5.74) is -6.29. The minimum atomic E-state index is -5.69. The van der Waals surface area contributed by atoms with Crippen molar-refractivity contribution in [3.63, 3.8) is 0 Å². The van der Waals surface area contributed by atoms with Gasteiger partial charge in [-0.25, -0.2) is 8.42 Å². The number of piperidine rings is 1. The lowest BCUT2D eigenvalue weighted by Gasteiger charge is -2.32. The van der Waals surface area contributed by atoms with E-state index >= 15 is 0 Å². The molecule has 0 unspecified atom stereocenters. The first-order chi connectivity index (χ1) is 12.5. The average Bonchev–Trinajstić information content (AvgIpc) is 2.60. The number of hydrogen-bond donors (Lipinski definition) is 0. The van der Waals surface area contributed by atoms with Gasteiger partial charge in [-0.05, 0) is 31.9 Å². The molecule has 0 amide bonds. The summed E-state index contributed by atoms with van der Waals surface area (Å²) in [5, 5.41) is 11.3. The van der Waals surface area contributed by atoms with Gasteiger partial charge < -0.3 is 9.64 Å². The predicted molar refractivity (Wildman–Crippen MR) is 87.9 cm³/mol. The molecule has 0 spiro atoms. The molecule has 1 fully saturated rings. The molecular weight excluding hydrogens is 393 g/mol. The van der Waals surface area contributed by atoms with Gasteiger partial charge in [0.1, 0.15) is 5.69 Å². The zero-order valence-electron chi connectivity index (χ0n) is 14.2. The third-order valence-electron chi connectivity index (χ3n) is 4.21. The first-order valence-corrected chi connectivity index (χ1v) is 9.48. The van der Waals surface area contributed by atoms with Gasteiger partial charge in [-0.2, -0.15) is 13.2 Å². The molecule has 0 bridgehead atoms. The van der Waals surface area contributed by atoms with Crippen LogP contribution < -0.4 is 4.90 Å². The van der Waals surface area contributed by atoms with Crippen molar-refractivity contribution in [2.75, 3.05) is 24.6 Å². The van der Waals surface area contributed by atoms with Gasteiger partial charge in [-0.3, -0.25) is 14.9 Å². The Balaban J connectivity index is 2.29. The molecule has 1 aliphatic rings. The summed E-state index contributed by atoms with van der Waals surface area (Å²) in [5.74, 6) is -0.719. The number of rotatable bonds is 5. The van der Waals surface area contributed by atoms with Crippen molar-refractivity contribution in [3.05, 3.63) is 28.3 Å². The number of nitro benzene ring substituents is 1. The number of benzene rings is 1. The third kappa shape index (κ3) is 4.31. The van der Waals surface area contributed by atoms with Crippen molar-refractivity contribution in [2.45, 2.75) is 30.2 Å². The Morgan fingerprint density at radius 2 is 1.93 bits per heavy atom. The van der Waals surface area contributed by atoms with Crippen LogP contribution in [0.25, 0.3) is 0 Å². The fourth-order valence-electron chi connectivity index (χ4n) is 2.83. The molecule has 0 aliphatic carbocycles. The summed E-state index contributed by atoms with van der Waals surface area (Å²) in [6.07, 6.45) is 0.719. The van der Waals surface area contributed by atoms with E-state index in [4.69, 9.17) is 4.74 Å². The van der Waals surface area contributed by atoms with Crippen molar-refractivity contribution < 1.29 is 36.0 Å². The Bertz CT molecular complexity index is 832. The van der Waals surface area contributed by atoms with Gasteiger partial charge in [-0.1, -0.05) is 0 Å². The first kappa shape index (κ1) is 20.9. The second-order valence-electron chi connectivity index (χ2n) is 5.87. The van der Waals surface area contributed by atoms with Gasteiger partial charge in [0.2, 0.25) is 0 Å². The van der Waals surface area contributed by atoms with Crippen LogP contribution in [0, 0.1) is 16.0 Å². The van der Waals surface area contributed by atoms with Crippen LogP contribution in [0.5, 0.6) is 0 Å². The topological polar surface area (TPSA) is 107 Å². The summed E-state index contributed by atoms with van der Waals surface area (Å²) in [6.45, 7) is 2.40. The third-order valence-corrected chi connectivity index (χ3v) is 5.70. The number of nitro groups is 1. The lowest BCUT2D eigenvalue weighted by molar-refractivity contribution is -0.384. The quantitative estimate of drug-likeness (QED) is 0.417. The Hall–Kier alpha value is -2.37. The molecule has 1 aromatic carbocycles. The SMILES string of the molecule is CCOC(=O)C1CCN(c2ccc(S(=O)(=O)C(F)(F)F)cc2[N+](=O)[O-])CC1. The number of ether oxygens (including phenoxy) is 1. The Kier molecular flexibility index (Phi) is 5.97. The number of alkyl halides is 3. The van der Waals surface area contributed by atoms with Crippen molar-refractivity contribution in [2.24, 2.45) is 5.92 Å². The molecule has 1 aromatic rings. The van der Waals surface area contributed by atoms with E-state index in [9.17, 15) is 36.5 Å². The molecule has 0 N–H and O–H groups in total. The second-order valence-corrected chi connectivity index (χ2v) is 7.81. The number of nitrogens with zero attached hydrogens (tertiary/aromatic N) is 2. The Morgan fingerprint density at radius 3 is 2.41 bits per heavy atom. The summed E-state index contributed by atoms with van der Waals surface area (Å²) in [7, 11) is -5.69. The van der Waals surface area contributed by atoms with E-state index < -0.39 is 30.9 Å². The zero-order chi connectivity index (χ0) is 20.4. The van der Waals surface area contributed by atoms with Crippen LogP contribution in [0.15, 0.2) is 23.1 Å². The number of halogens is 3. The van der Waals surface area contributed by atoms with Gasteiger partial charge >= 0.3 is 11.5 Å². The van der Waals surface area contributed by atoms with Gasteiger partial charge in [0, 0.05) is 19.2 Å². The van der Waals surface area contributed by atoms with Gasteiger partial charge in [0.25, 0.3) is 15.5 Å². The van der Waals surface area contributed by atoms with Crippen LogP contribution in [0.4, 0.5) is 24.5 Å². The van der Waals surface area contributed by atoms with E-state index in [0.717, 1.165) is 6.07 Å². The van der Waals surface area contributed by atoms with Gasteiger partial charge in [0.05, 0.1) is 22.3 Å². The van der Waals surface area contributed by atoms with E-state index in [1.54, 1.807) is 6.92 Å². The maximum Gasteiger partial charge on any atom is 0.501 e. The Morgan fingerprint density at radius 1 is 1.33 bits per heavy atom. The summed E-state index contributed by atoms with van der Waals surface area (Å²) >= 11 is 0. The molecule has 1 heterocycles. The smallest absolute Gasteiger partial charge is 0.466 e. The van der Waals surface area contributed by atoms with E-state index in [1.807, 2.05) is 0 Å². The number of carbonyl (C=O) groups excluding carboxylic acids is 1. The molecular formula is C15H17F3N2O6S. The number of carbonyl (C=O) groups is 1. The summed E-state index contributed by atoms with van der Waals surface area (Å²) in [6, 6.07) is 2.10. The number of sulfone groups is 1. The van der Waals surface area contributed by atoms with Gasteiger partial charge in [-0.15, -0.1) is 0 Å². The van der Waals surface area contributed by atoms with Crippen LogP contribution in [-0.2, 0) is 19.4 Å². The number of hydrogen-bond acceptors (Lipinski definition) is 7. The van der Waals surface area contributed by atoms with E-state index in [-0.39, 0.29) is 37.3 Å². The fourth-order valence-corrected chi connectivity index (χ4v) is 3.62. The number of anilines is 1. The van der Waals surface area contributed by atoms with E-state index in [0.29, 0.717) is 25.0 Å². The number of esters is 1. The van der Waals surface area contributed by atoms with Crippen LogP contribution in [-0.4, -0.2) is 44.5 Å². The molecule has 150 valence electrons. The molecule has 27 heavy (non-hydrogen) atoms. The van der Waals surface area contributed by atoms with Crippen LogP contribution in [0.1, 0.15) is 19.8 Å². The fraction of sp³-hybridized carbons (Fsp3) is 0.533.